The van der Waals surface area contributed by atoms with Gasteiger partial charge in [0, 0.05) is 11.7 Å². The molecule has 3 nitrogen and oxygen atoms in total. The molecule has 1 aliphatic carbocycles. The van der Waals surface area contributed by atoms with Crippen LogP contribution in [-0.2, 0) is 0 Å². The maximum absolute atomic E-state index is 13.1. The van der Waals surface area contributed by atoms with Crippen LogP contribution in [0.25, 0.3) is 0 Å². The van der Waals surface area contributed by atoms with E-state index < -0.39 is 11.8 Å². The van der Waals surface area contributed by atoms with Crippen molar-refractivity contribution in [1.29, 1.82) is 0 Å². The Morgan fingerprint density at radius 3 is 2.84 bits per heavy atom. The van der Waals surface area contributed by atoms with Gasteiger partial charge in [-0.15, -0.1) is 0 Å². The van der Waals surface area contributed by atoms with E-state index in [1.807, 2.05) is 0 Å². The maximum atomic E-state index is 13.1. The normalized spacial score (nSPS) is 23.7. The number of aromatic carboxylic acids is 1. The quantitative estimate of drug-likeness (QED) is 0.815. The minimum absolute atomic E-state index is 0.0114. The van der Waals surface area contributed by atoms with Crippen LogP contribution in [0.2, 0.25) is 0 Å². The minimum atomic E-state index is -1.09. The number of carbonyl (C=O) groups is 1. The summed E-state index contributed by atoms with van der Waals surface area (Å²) in [6, 6.07) is 4.18. The molecule has 19 heavy (non-hydrogen) atoms. The molecular formula is C15H20FNO2. The Morgan fingerprint density at radius 1 is 1.32 bits per heavy atom. The van der Waals surface area contributed by atoms with Gasteiger partial charge in [0.1, 0.15) is 5.82 Å². The van der Waals surface area contributed by atoms with Gasteiger partial charge in [-0.05, 0) is 43.4 Å². The molecule has 0 radical (unpaired) electrons. The summed E-state index contributed by atoms with van der Waals surface area (Å²) in [4.78, 5) is 11.1. The van der Waals surface area contributed by atoms with Crippen molar-refractivity contribution in [3.8, 4) is 0 Å². The Labute approximate surface area is 112 Å². The van der Waals surface area contributed by atoms with Crippen LogP contribution >= 0.6 is 0 Å². The predicted molar refractivity (Wildman–Crippen MR) is 73.0 cm³/mol. The SMILES string of the molecule is CC1CCCC(Nc2ccc(F)cc2C(=O)O)CC1. The van der Waals surface area contributed by atoms with Crippen molar-refractivity contribution < 1.29 is 14.3 Å². The zero-order valence-corrected chi connectivity index (χ0v) is 11.2. The number of nitrogens with one attached hydrogen (secondary N) is 1. The van der Waals surface area contributed by atoms with Gasteiger partial charge in [-0.3, -0.25) is 0 Å². The summed E-state index contributed by atoms with van der Waals surface area (Å²) in [6.07, 6.45) is 5.62. The zero-order chi connectivity index (χ0) is 13.8. The molecular weight excluding hydrogens is 245 g/mol. The smallest absolute Gasteiger partial charge is 0.337 e. The number of anilines is 1. The first-order valence-electron chi connectivity index (χ1n) is 6.85. The topological polar surface area (TPSA) is 49.3 Å². The van der Waals surface area contributed by atoms with E-state index in [9.17, 15) is 9.18 Å². The van der Waals surface area contributed by atoms with Crippen molar-refractivity contribution in [2.75, 3.05) is 5.32 Å². The number of rotatable bonds is 3. The molecule has 1 fully saturated rings. The summed E-state index contributed by atoms with van der Waals surface area (Å²) >= 11 is 0. The summed E-state index contributed by atoms with van der Waals surface area (Å²) in [5, 5.41) is 12.4. The van der Waals surface area contributed by atoms with Crippen LogP contribution in [0, 0.1) is 11.7 Å². The molecule has 2 unspecified atom stereocenters. The van der Waals surface area contributed by atoms with Gasteiger partial charge in [-0.25, -0.2) is 9.18 Å². The van der Waals surface area contributed by atoms with Gasteiger partial charge in [-0.1, -0.05) is 19.8 Å². The van der Waals surface area contributed by atoms with Gasteiger partial charge in [0.2, 0.25) is 0 Å². The molecule has 0 amide bonds. The van der Waals surface area contributed by atoms with Crippen molar-refractivity contribution >= 4 is 11.7 Å². The molecule has 1 saturated carbocycles. The summed E-state index contributed by atoms with van der Waals surface area (Å²) in [5.41, 5.74) is 0.533. The van der Waals surface area contributed by atoms with Crippen LogP contribution in [-0.4, -0.2) is 17.1 Å². The number of carboxylic acid groups (broad SMARTS) is 1. The number of hydrogen-bond acceptors (Lipinski definition) is 2. The molecule has 0 bridgehead atoms. The Morgan fingerprint density at radius 2 is 2.11 bits per heavy atom. The number of halogens is 1. The Hall–Kier alpha value is -1.58. The molecule has 4 heteroatoms. The molecule has 104 valence electrons. The van der Waals surface area contributed by atoms with E-state index in [2.05, 4.69) is 12.2 Å². The van der Waals surface area contributed by atoms with E-state index in [1.54, 1.807) is 0 Å². The van der Waals surface area contributed by atoms with Crippen LogP contribution in [0.15, 0.2) is 18.2 Å². The summed E-state index contributed by atoms with van der Waals surface area (Å²) < 4.78 is 13.1. The first-order chi connectivity index (χ1) is 9.06. The fourth-order valence-electron chi connectivity index (χ4n) is 2.67. The van der Waals surface area contributed by atoms with E-state index in [1.165, 1.54) is 18.6 Å². The molecule has 2 N–H and O–H groups in total. The Kier molecular flexibility index (Phi) is 4.40. The van der Waals surface area contributed by atoms with E-state index >= 15 is 0 Å². The third-order valence-corrected chi connectivity index (χ3v) is 3.83. The molecule has 0 saturated heterocycles. The first-order valence-corrected chi connectivity index (χ1v) is 6.85. The molecule has 1 aromatic rings. The fourth-order valence-corrected chi connectivity index (χ4v) is 2.67. The Bertz CT molecular complexity index is 461. The lowest BCUT2D eigenvalue weighted by atomic mass is 10.0. The lowest BCUT2D eigenvalue weighted by Gasteiger charge is -2.19. The third kappa shape index (κ3) is 3.69. The highest BCUT2D eigenvalue weighted by molar-refractivity contribution is 5.94. The van der Waals surface area contributed by atoms with Gasteiger partial charge >= 0.3 is 5.97 Å². The highest BCUT2D eigenvalue weighted by Crippen LogP contribution is 2.26. The van der Waals surface area contributed by atoms with Gasteiger partial charge < -0.3 is 10.4 Å². The van der Waals surface area contributed by atoms with Gasteiger partial charge in [-0.2, -0.15) is 0 Å². The third-order valence-electron chi connectivity index (χ3n) is 3.83. The average molecular weight is 265 g/mol. The lowest BCUT2D eigenvalue weighted by Crippen LogP contribution is -2.20. The van der Waals surface area contributed by atoms with E-state index in [0.29, 0.717) is 5.69 Å². The minimum Gasteiger partial charge on any atom is -0.478 e. The van der Waals surface area contributed by atoms with Crippen molar-refractivity contribution in [2.45, 2.75) is 45.1 Å². The number of benzene rings is 1. The van der Waals surface area contributed by atoms with E-state index in [0.717, 1.165) is 37.7 Å². The summed E-state index contributed by atoms with van der Waals surface area (Å²) in [6.45, 7) is 2.25. The number of hydrogen-bond donors (Lipinski definition) is 2. The molecule has 1 aromatic carbocycles. The molecule has 2 rings (SSSR count). The second kappa shape index (κ2) is 6.04. The second-order valence-electron chi connectivity index (χ2n) is 5.45. The molecule has 0 aliphatic heterocycles. The fraction of sp³-hybridized carbons (Fsp3) is 0.533. The summed E-state index contributed by atoms with van der Waals surface area (Å²) in [7, 11) is 0. The average Bonchev–Trinajstić information content (AvgIpc) is 2.56. The van der Waals surface area contributed by atoms with Crippen LogP contribution in [0.3, 0.4) is 0 Å². The molecule has 1 aliphatic rings. The highest BCUT2D eigenvalue weighted by atomic mass is 19.1. The standard InChI is InChI=1S/C15H20FNO2/c1-10-3-2-4-12(7-5-10)17-14-8-6-11(16)9-13(14)15(18)19/h6,8-10,12,17H,2-5,7H2,1H3,(H,18,19). The predicted octanol–water partition coefficient (Wildman–Crippen LogP) is 3.90. The van der Waals surface area contributed by atoms with Crippen LogP contribution in [0.4, 0.5) is 10.1 Å². The van der Waals surface area contributed by atoms with Gasteiger partial charge in [0.05, 0.1) is 5.56 Å². The molecule has 0 heterocycles. The van der Waals surface area contributed by atoms with Crippen LogP contribution in [0.5, 0.6) is 0 Å². The number of carboxylic acids is 1. The lowest BCUT2D eigenvalue weighted by molar-refractivity contribution is 0.0697. The zero-order valence-electron chi connectivity index (χ0n) is 11.2. The monoisotopic (exact) mass is 265 g/mol. The molecule has 0 spiro atoms. The van der Waals surface area contributed by atoms with E-state index in [-0.39, 0.29) is 11.6 Å². The largest absolute Gasteiger partial charge is 0.478 e. The van der Waals surface area contributed by atoms with Crippen molar-refractivity contribution in [3.63, 3.8) is 0 Å². The Balaban J connectivity index is 2.12. The van der Waals surface area contributed by atoms with Crippen LogP contribution in [0.1, 0.15) is 49.4 Å². The van der Waals surface area contributed by atoms with Crippen molar-refractivity contribution in [1.82, 2.24) is 0 Å². The van der Waals surface area contributed by atoms with Crippen molar-refractivity contribution in [3.05, 3.63) is 29.6 Å². The van der Waals surface area contributed by atoms with Crippen molar-refractivity contribution in [2.24, 2.45) is 5.92 Å². The van der Waals surface area contributed by atoms with Crippen LogP contribution < -0.4 is 5.32 Å². The highest BCUT2D eigenvalue weighted by Gasteiger charge is 2.18. The summed E-state index contributed by atoms with van der Waals surface area (Å²) in [5.74, 6) is -0.875. The molecule has 0 aromatic heterocycles. The molecule has 2 atom stereocenters. The van der Waals surface area contributed by atoms with E-state index in [4.69, 9.17) is 5.11 Å². The first kappa shape index (κ1) is 13.8. The van der Waals surface area contributed by atoms with Gasteiger partial charge in [0.15, 0.2) is 0 Å². The maximum Gasteiger partial charge on any atom is 0.337 e. The second-order valence-corrected chi connectivity index (χ2v) is 5.45. The van der Waals surface area contributed by atoms with Gasteiger partial charge in [0.25, 0.3) is 0 Å².